The number of hydrogen-bond donors (Lipinski definition) is 1. The summed E-state index contributed by atoms with van der Waals surface area (Å²) in [5, 5.41) is 0. The summed E-state index contributed by atoms with van der Waals surface area (Å²) in [7, 11) is 0. The second kappa shape index (κ2) is 6.73. The molecule has 0 aliphatic heterocycles. The molecule has 100 valence electrons. The Morgan fingerprint density at radius 3 is 2.42 bits per heavy atom. The highest BCUT2D eigenvalue weighted by molar-refractivity contribution is 9.10. The monoisotopic (exact) mass is 319 g/mol. The van der Waals surface area contributed by atoms with E-state index < -0.39 is 0 Å². The Morgan fingerprint density at radius 1 is 1.11 bits per heavy atom. The van der Waals surface area contributed by atoms with E-state index in [4.69, 9.17) is 10.5 Å². The lowest BCUT2D eigenvalue weighted by Gasteiger charge is -2.10. The molecule has 0 aliphatic carbocycles. The van der Waals surface area contributed by atoms with Crippen molar-refractivity contribution >= 4 is 15.9 Å². The zero-order chi connectivity index (χ0) is 13.7. The first-order valence-electron chi connectivity index (χ1n) is 6.46. The van der Waals surface area contributed by atoms with E-state index in [1.165, 1.54) is 5.56 Å². The molecule has 1 atom stereocenters. The van der Waals surface area contributed by atoms with Crippen molar-refractivity contribution in [3.05, 3.63) is 58.6 Å². The van der Waals surface area contributed by atoms with Crippen LogP contribution < -0.4 is 10.5 Å². The van der Waals surface area contributed by atoms with Crippen molar-refractivity contribution in [2.75, 3.05) is 0 Å². The number of hydrogen-bond acceptors (Lipinski definition) is 2. The number of nitrogens with two attached hydrogens (primary N) is 1. The van der Waals surface area contributed by atoms with Crippen molar-refractivity contribution < 1.29 is 4.74 Å². The summed E-state index contributed by atoms with van der Waals surface area (Å²) in [6.07, 6.45) is 1.90. The smallest absolute Gasteiger partial charge is 0.141 e. The highest BCUT2D eigenvalue weighted by atomic mass is 79.9. The van der Waals surface area contributed by atoms with Gasteiger partial charge in [0.15, 0.2) is 0 Å². The summed E-state index contributed by atoms with van der Waals surface area (Å²) >= 11 is 3.47. The van der Waals surface area contributed by atoms with Crippen LogP contribution in [0, 0.1) is 0 Å². The van der Waals surface area contributed by atoms with Gasteiger partial charge in [0.05, 0.1) is 4.47 Å². The third-order valence-electron chi connectivity index (χ3n) is 3.01. The summed E-state index contributed by atoms with van der Waals surface area (Å²) in [5.41, 5.74) is 7.19. The molecular weight excluding hydrogens is 302 g/mol. The Hall–Kier alpha value is -1.32. The maximum absolute atomic E-state index is 5.95. The first kappa shape index (κ1) is 14.1. The lowest BCUT2D eigenvalue weighted by Crippen LogP contribution is -2.21. The molecule has 0 fully saturated rings. The van der Waals surface area contributed by atoms with E-state index in [1.807, 2.05) is 36.4 Å². The van der Waals surface area contributed by atoms with Gasteiger partial charge in [0.1, 0.15) is 11.5 Å². The fourth-order valence-electron chi connectivity index (χ4n) is 1.80. The van der Waals surface area contributed by atoms with Gasteiger partial charge in [-0.2, -0.15) is 0 Å². The molecule has 0 saturated carbocycles. The van der Waals surface area contributed by atoms with Gasteiger partial charge in [-0.15, -0.1) is 0 Å². The lowest BCUT2D eigenvalue weighted by molar-refractivity contribution is 0.479. The van der Waals surface area contributed by atoms with E-state index in [2.05, 4.69) is 35.0 Å². The molecule has 0 saturated heterocycles. The minimum Gasteiger partial charge on any atom is -0.456 e. The molecule has 0 amide bonds. The summed E-state index contributed by atoms with van der Waals surface area (Å²) in [6, 6.07) is 16.2. The normalized spacial score (nSPS) is 12.2. The molecule has 0 aromatic heterocycles. The molecule has 1 unspecified atom stereocenters. The highest BCUT2D eigenvalue weighted by Crippen LogP contribution is 2.29. The molecule has 2 rings (SSSR count). The van der Waals surface area contributed by atoms with Gasteiger partial charge in [-0.25, -0.2) is 0 Å². The van der Waals surface area contributed by atoms with Crippen molar-refractivity contribution in [3.8, 4) is 11.5 Å². The maximum Gasteiger partial charge on any atom is 0.141 e. The van der Waals surface area contributed by atoms with Gasteiger partial charge < -0.3 is 10.5 Å². The number of para-hydroxylation sites is 1. The standard InChI is InChI=1S/C16H18BrNO/c1-2-13(18)11-12-7-9-14(10-8-12)19-16-6-4-3-5-15(16)17/h3-10,13H,2,11,18H2,1H3. The van der Waals surface area contributed by atoms with Crippen LogP contribution in [-0.4, -0.2) is 6.04 Å². The van der Waals surface area contributed by atoms with Gasteiger partial charge in [-0.05, 0) is 58.6 Å². The molecule has 3 heteroatoms. The summed E-state index contributed by atoms with van der Waals surface area (Å²) in [4.78, 5) is 0. The quantitative estimate of drug-likeness (QED) is 0.879. The van der Waals surface area contributed by atoms with Crippen LogP contribution in [0.25, 0.3) is 0 Å². The van der Waals surface area contributed by atoms with Gasteiger partial charge >= 0.3 is 0 Å². The van der Waals surface area contributed by atoms with Crippen molar-refractivity contribution in [2.45, 2.75) is 25.8 Å². The van der Waals surface area contributed by atoms with Gasteiger partial charge in [0.25, 0.3) is 0 Å². The molecular formula is C16H18BrNO. The summed E-state index contributed by atoms with van der Waals surface area (Å²) < 4.78 is 6.77. The van der Waals surface area contributed by atoms with E-state index in [0.717, 1.165) is 28.8 Å². The van der Waals surface area contributed by atoms with Crippen LogP contribution >= 0.6 is 15.9 Å². The largest absolute Gasteiger partial charge is 0.456 e. The predicted octanol–water partition coefficient (Wildman–Crippen LogP) is 4.52. The molecule has 0 heterocycles. The van der Waals surface area contributed by atoms with Crippen LogP contribution in [0.1, 0.15) is 18.9 Å². The fraction of sp³-hybridized carbons (Fsp3) is 0.250. The number of halogens is 1. The molecule has 2 aromatic rings. The van der Waals surface area contributed by atoms with Gasteiger partial charge in [-0.3, -0.25) is 0 Å². The van der Waals surface area contributed by atoms with E-state index in [0.29, 0.717) is 0 Å². The van der Waals surface area contributed by atoms with Crippen LogP contribution in [0.5, 0.6) is 11.5 Å². The zero-order valence-corrected chi connectivity index (χ0v) is 12.6. The Morgan fingerprint density at radius 2 is 1.79 bits per heavy atom. The van der Waals surface area contributed by atoms with Crippen LogP contribution in [0.15, 0.2) is 53.0 Å². The van der Waals surface area contributed by atoms with Gasteiger partial charge in [0, 0.05) is 6.04 Å². The number of ether oxygens (including phenoxy) is 1. The molecule has 0 spiro atoms. The maximum atomic E-state index is 5.95. The van der Waals surface area contributed by atoms with E-state index in [-0.39, 0.29) is 6.04 Å². The van der Waals surface area contributed by atoms with Crippen molar-refractivity contribution in [1.29, 1.82) is 0 Å². The second-order valence-electron chi connectivity index (χ2n) is 4.55. The van der Waals surface area contributed by atoms with Crippen LogP contribution in [0.3, 0.4) is 0 Å². The topological polar surface area (TPSA) is 35.2 Å². The molecule has 0 aliphatic rings. The van der Waals surface area contributed by atoms with Gasteiger partial charge in [-0.1, -0.05) is 31.2 Å². The minimum atomic E-state index is 0.232. The van der Waals surface area contributed by atoms with Crippen LogP contribution in [0.4, 0.5) is 0 Å². The van der Waals surface area contributed by atoms with E-state index in [1.54, 1.807) is 0 Å². The third kappa shape index (κ3) is 4.08. The Labute approximate surface area is 122 Å². The third-order valence-corrected chi connectivity index (χ3v) is 3.67. The first-order chi connectivity index (χ1) is 9.19. The molecule has 2 aromatic carbocycles. The fourth-order valence-corrected chi connectivity index (χ4v) is 2.16. The molecule has 0 radical (unpaired) electrons. The average Bonchev–Trinajstić information content (AvgIpc) is 2.43. The second-order valence-corrected chi connectivity index (χ2v) is 5.40. The summed E-state index contributed by atoms with van der Waals surface area (Å²) in [5.74, 6) is 1.65. The van der Waals surface area contributed by atoms with Crippen LogP contribution in [0.2, 0.25) is 0 Å². The SMILES string of the molecule is CCC(N)Cc1ccc(Oc2ccccc2Br)cc1. The Balaban J connectivity index is 2.05. The van der Waals surface area contributed by atoms with Crippen molar-refractivity contribution in [3.63, 3.8) is 0 Å². The van der Waals surface area contributed by atoms with E-state index in [9.17, 15) is 0 Å². The molecule has 2 N–H and O–H groups in total. The average molecular weight is 320 g/mol. The molecule has 0 bridgehead atoms. The number of rotatable bonds is 5. The van der Waals surface area contributed by atoms with Crippen molar-refractivity contribution in [2.24, 2.45) is 5.73 Å². The number of benzene rings is 2. The summed E-state index contributed by atoms with van der Waals surface area (Å²) in [6.45, 7) is 2.11. The van der Waals surface area contributed by atoms with Crippen LogP contribution in [-0.2, 0) is 6.42 Å². The van der Waals surface area contributed by atoms with Crippen molar-refractivity contribution in [1.82, 2.24) is 0 Å². The van der Waals surface area contributed by atoms with Gasteiger partial charge in [0.2, 0.25) is 0 Å². The Bertz CT molecular complexity index is 525. The first-order valence-corrected chi connectivity index (χ1v) is 7.25. The Kier molecular flexibility index (Phi) is 5.00. The minimum absolute atomic E-state index is 0.232. The predicted molar refractivity (Wildman–Crippen MR) is 82.6 cm³/mol. The van der Waals surface area contributed by atoms with E-state index >= 15 is 0 Å². The molecule has 19 heavy (non-hydrogen) atoms. The zero-order valence-electron chi connectivity index (χ0n) is 11.0. The lowest BCUT2D eigenvalue weighted by atomic mass is 10.0. The highest BCUT2D eigenvalue weighted by Gasteiger charge is 2.04. The molecule has 2 nitrogen and oxygen atoms in total.